The maximum Gasteiger partial charge on any atom is 0.0626 e. The minimum absolute atomic E-state index is 0.0801. The first kappa shape index (κ1) is 9.84. The van der Waals surface area contributed by atoms with Gasteiger partial charge in [-0.1, -0.05) is 0 Å². The van der Waals surface area contributed by atoms with E-state index in [9.17, 15) is 0 Å². The molecule has 0 spiro atoms. The molecule has 0 amide bonds. The van der Waals surface area contributed by atoms with Gasteiger partial charge in [-0.3, -0.25) is 0 Å². The largest absolute Gasteiger partial charge is 0.383 e. The molecule has 0 heterocycles. The van der Waals surface area contributed by atoms with E-state index in [0.717, 1.165) is 13.1 Å². The van der Waals surface area contributed by atoms with Crippen LogP contribution in [0.2, 0.25) is 0 Å². The molecule has 0 fully saturated rings. The molecular weight excluding hydrogens is 130 g/mol. The highest BCUT2D eigenvalue weighted by molar-refractivity contribution is 4.62. The standard InChI is InChI=1S/C6H17N3O/c1-10-5-6(8)4-9-3-2-7/h6,9H,2-5,7-8H2,1H3. The van der Waals surface area contributed by atoms with Crippen LogP contribution in [0.5, 0.6) is 0 Å². The van der Waals surface area contributed by atoms with E-state index >= 15 is 0 Å². The molecule has 5 N–H and O–H groups in total. The van der Waals surface area contributed by atoms with E-state index in [2.05, 4.69) is 5.32 Å². The lowest BCUT2D eigenvalue weighted by Crippen LogP contribution is -2.38. The number of nitrogens with two attached hydrogens (primary N) is 2. The maximum absolute atomic E-state index is 5.60. The van der Waals surface area contributed by atoms with E-state index in [-0.39, 0.29) is 6.04 Å². The second-order valence-corrected chi connectivity index (χ2v) is 2.21. The number of ether oxygens (including phenoxy) is 1. The molecule has 0 aliphatic carbocycles. The second kappa shape index (κ2) is 6.95. The Morgan fingerprint density at radius 3 is 2.80 bits per heavy atom. The molecule has 0 aliphatic rings. The van der Waals surface area contributed by atoms with Gasteiger partial charge >= 0.3 is 0 Å². The van der Waals surface area contributed by atoms with Gasteiger partial charge in [-0.25, -0.2) is 0 Å². The van der Waals surface area contributed by atoms with Crippen molar-refractivity contribution in [3.8, 4) is 0 Å². The Morgan fingerprint density at radius 2 is 2.30 bits per heavy atom. The summed E-state index contributed by atoms with van der Waals surface area (Å²) in [7, 11) is 1.64. The van der Waals surface area contributed by atoms with Gasteiger partial charge in [-0.15, -0.1) is 0 Å². The highest BCUT2D eigenvalue weighted by atomic mass is 16.5. The summed E-state index contributed by atoms with van der Waals surface area (Å²) in [6.07, 6.45) is 0. The lowest BCUT2D eigenvalue weighted by Gasteiger charge is -2.10. The number of methoxy groups -OCH3 is 1. The van der Waals surface area contributed by atoms with Crippen LogP contribution in [0.3, 0.4) is 0 Å². The van der Waals surface area contributed by atoms with Crippen LogP contribution in [-0.2, 0) is 4.74 Å². The summed E-state index contributed by atoms with van der Waals surface area (Å²) in [6, 6.07) is 0.0801. The monoisotopic (exact) mass is 147 g/mol. The Labute approximate surface area is 61.9 Å². The van der Waals surface area contributed by atoms with Crippen LogP contribution in [0.1, 0.15) is 0 Å². The zero-order valence-corrected chi connectivity index (χ0v) is 6.47. The summed E-state index contributed by atoms with van der Waals surface area (Å²) in [6.45, 7) is 2.83. The number of hydrogen-bond donors (Lipinski definition) is 3. The highest BCUT2D eigenvalue weighted by Gasteiger charge is 1.98. The molecule has 0 rings (SSSR count). The molecule has 4 nitrogen and oxygen atoms in total. The fourth-order valence-electron chi connectivity index (χ4n) is 0.663. The molecule has 0 aromatic rings. The minimum Gasteiger partial charge on any atom is -0.383 e. The Bertz CT molecular complexity index is 70.0. The highest BCUT2D eigenvalue weighted by Crippen LogP contribution is 1.75. The van der Waals surface area contributed by atoms with E-state index in [0.29, 0.717) is 13.2 Å². The van der Waals surface area contributed by atoms with Gasteiger partial charge in [0.2, 0.25) is 0 Å². The molecule has 0 aliphatic heterocycles. The minimum atomic E-state index is 0.0801. The lowest BCUT2D eigenvalue weighted by molar-refractivity contribution is 0.179. The van der Waals surface area contributed by atoms with Gasteiger partial charge in [0.1, 0.15) is 0 Å². The number of hydrogen-bond acceptors (Lipinski definition) is 4. The van der Waals surface area contributed by atoms with Crippen molar-refractivity contribution in [2.24, 2.45) is 11.5 Å². The molecule has 1 atom stereocenters. The second-order valence-electron chi connectivity index (χ2n) is 2.21. The quantitative estimate of drug-likeness (QED) is 0.400. The van der Waals surface area contributed by atoms with E-state index in [4.69, 9.17) is 16.2 Å². The van der Waals surface area contributed by atoms with Gasteiger partial charge in [0.25, 0.3) is 0 Å². The molecule has 0 aromatic carbocycles. The first-order valence-electron chi connectivity index (χ1n) is 3.46. The lowest BCUT2D eigenvalue weighted by atomic mass is 10.3. The predicted octanol–water partition coefficient (Wildman–Crippen LogP) is -1.49. The van der Waals surface area contributed by atoms with Crippen LogP contribution in [0, 0.1) is 0 Å². The fourth-order valence-corrected chi connectivity index (χ4v) is 0.663. The van der Waals surface area contributed by atoms with Gasteiger partial charge < -0.3 is 21.5 Å². The van der Waals surface area contributed by atoms with Crippen LogP contribution >= 0.6 is 0 Å². The summed E-state index contributed by atoms with van der Waals surface area (Å²) in [5.74, 6) is 0. The number of rotatable bonds is 6. The molecule has 0 aromatic heterocycles. The third-order valence-corrected chi connectivity index (χ3v) is 1.11. The van der Waals surface area contributed by atoms with Crippen LogP contribution in [0.25, 0.3) is 0 Å². The molecule has 0 radical (unpaired) electrons. The molecule has 4 heteroatoms. The molecule has 0 bridgehead atoms. The van der Waals surface area contributed by atoms with E-state index < -0.39 is 0 Å². The third-order valence-electron chi connectivity index (χ3n) is 1.11. The predicted molar refractivity (Wildman–Crippen MR) is 41.8 cm³/mol. The Hall–Kier alpha value is -0.160. The Balaban J connectivity index is 2.97. The van der Waals surface area contributed by atoms with Crippen molar-refractivity contribution in [2.75, 3.05) is 33.4 Å². The van der Waals surface area contributed by atoms with Gasteiger partial charge in [0.05, 0.1) is 6.61 Å². The maximum atomic E-state index is 5.60. The van der Waals surface area contributed by atoms with Crippen molar-refractivity contribution in [2.45, 2.75) is 6.04 Å². The first-order chi connectivity index (χ1) is 4.81. The molecular formula is C6H17N3O. The third kappa shape index (κ3) is 5.97. The Kier molecular flexibility index (Phi) is 6.84. The van der Waals surface area contributed by atoms with Gasteiger partial charge in [0, 0.05) is 32.8 Å². The summed E-state index contributed by atoms with van der Waals surface area (Å²) in [4.78, 5) is 0. The zero-order valence-electron chi connectivity index (χ0n) is 6.47. The van der Waals surface area contributed by atoms with E-state index in [1.165, 1.54) is 0 Å². The average Bonchev–Trinajstić information content (AvgIpc) is 1.89. The van der Waals surface area contributed by atoms with E-state index in [1.807, 2.05) is 0 Å². The van der Waals surface area contributed by atoms with Crippen molar-refractivity contribution in [1.29, 1.82) is 0 Å². The van der Waals surface area contributed by atoms with Crippen molar-refractivity contribution >= 4 is 0 Å². The van der Waals surface area contributed by atoms with Crippen LogP contribution in [0.4, 0.5) is 0 Å². The summed E-state index contributed by atoms with van der Waals surface area (Å²) < 4.78 is 4.84. The normalized spacial score (nSPS) is 13.5. The molecule has 62 valence electrons. The van der Waals surface area contributed by atoms with Crippen molar-refractivity contribution in [3.63, 3.8) is 0 Å². The van der Waals surface area contributed by atoms with Gasteiger partial charge in [-0.05, 0) is 0 Å². The molecule has 0 saturated carbocycles. The van der Waals surface area contributed by atoms with Gasteiger partial charge in [0.15, 0.2) is 0 Å². The summed E-state index contributed by atoms with van der Waals surface area (Å²) in [5, 5.41) is 3.09. The van der Waals surface area contributed by atoms with Crippen LogP contribution in [0.15, 0.2) is 0 Å². The van der Waals surface area contributed by atoms with Crippen molar-refractivity contribution < 1.29 is 4.74 Å². The topological polar surface area (TPSA) is 73.3 Å². The SMILES string of the molecule is COCC(N)CNCCN. The Morgan fingerprint density at radius 1 is 1.60 bits per heavy atom. The fraction of sp³-hybridized carbons (Fsp3) is 1.00. The van der Waals surface area contributed by atoms with Gasteiger partial charge in [-0.2, -0.15) is 0 Å². The smallest absolute Gasteiger partial charge is 0.0626 e. The molecule has 1 unspecified atom stereocenters. The average molecular weight is 147 g/mol. The van der Waals surface area contributed by atoms with Crippen molar-refractivity contribution in [1.82, 2.24) is 5.32 Å². The van der Waals surface area contributed by atoms with Crippen LogP contribution in [-0.4, -0.2) is 39.4 Å². The molecule has 0 saturated heterocycles. The summed E-state index contributed by atoms with van der Waals surface area (Å²) >= 11 is 0. The summed E-state index contributed by atoms with van der Waals surface area (Å²) in [5.41, 5.74) is 10.9. The zero-order chi connectivity index (χ0) is 7.82. The van der Waals surface area contributed by atoms with Crippen molar-refractivity contribution in [3.05, 3.63) is 0 Å². The first-order valence-corrected chi connectivity index (χ1v) is 3.46. The van der Waals surface area contributed by atoms with Crippen LogP contribution < -0.4 is 16.8 Å². The number of nitrogens with one attached hydrogen (secondary N) is 1. The van der Waals surface area contributed by atoms with E-state index in [1.54, 1.807) is 7.11 Å². The molecule has 10 heavy (non-hydrogen) atoms.